The van der Waals surface area contributed by atoms with Gasteiger partial charge in [0, 0.05) is 6.54 Å². The fraction of sp³-hybridized carbons (Fsp3) is 0.588. The molecule has 5 nitrogen and oxygen atoms in total. The number of halogens is 1. The van der Waals surface area contributed by atoms with Crippen molar-refractivity contribution in [3.05, 3.63) is 23.8 Å². The average molecular weight is 341 g/mol. The molecule has 2 aliphatic heterocycles. The molecule has 0 radical (unpaired) electrons. The van der Waals surface area contributed by atoms with Crippen LogP contribution in [-0.2, 0) is 4.79 Å². The molecule has 2 atom stereocenters. The summed E-state index contributed by atoms with van der Waals surface area (Å²) in [6.45, 7) is 6.94. The fourth-order valence-corrected chi connectivity index (χ4v) is 3.03. The maximum absolute atomic E-state index is 12.6. The Hall–Kier alpha value is -1.46. The van der Waals surface area contributed by atoms with E-state index >= 15 is 0 Å². The second-order valence-corrected chi connectivity index (χ2v) is 6.44. The molecule has 0 aromatic heterocycles. The Morgan fingerprint density at radius 2 is 2.04 bits per heavy atom. The van der Waals surface area contributed by atoms with Crippen LogP contribution in [0.15, 0.2) is 18.2 Å². The van der Waals surface area contributed by atoms with Gasteiger partial charge in [0.15, 0.2) is 11.5 Å². The predicted molar refractivity (Wildman–Crippen MR) is 91.4 cm³/mol. The third-order valence-corrected chi connectivity index (χ3v) is 4.56. The highest BCUT2D eigenvalue weighted by Gasteiger charge is 2.35. The standard InChI is InChI=1S/C17H24N2O3.ClH/c1-12(19-16(20)17(2)6-3-7-18-11-17)13-4-5-14-15(10-13)22-9-8-21-14;/h4-5,10,12,18H,3,6-9,11H2,1-2H3,(H,19,20);1H. The molecule has 1 saturated heterocycles. The molecule has 0 spiro atoms. The van der Waals surface area contributed by atoms with E-state index in [-0.39, 0.29) is 29.8 Å². The van der Waals surface area contributed by atoms with E-state index in [2.05, 4.69) is 10.6 Å². The number of rotatable bonds is 3. The summed E-state index contributed by atoms with van der Waals surface area (Å²) < 4.78 is 11.1. The molecule has 0 bridgehead atoms. The molecular weight excluding hydrogens is 316 g/mol. The topological polar surface area (TPSA) is 59.6 Å². The Morgan fingerprint density at radius 1 is 1.30 bits per heavy atom. The highest BCUT2D eigenvalue weighted by molar-refractivity contribution is 5.85. The summed E-state index contributed by atoms with van der Waals surface area (Å²) in [4.78, 5) is 12.6. The second kappa shape index (κ2) is 7.41. The maximum Gasteiger partial charge on any atom is 0.227 e. The number of nitrogens with one attached hydrogen (secondary N) is 2. The summed E-state index contributed by atoms with van der Waals surface area (Å²) in [6, 6.07) is 5.80. The molecule has 23 heavy (non-hydrogen) atoms. The summed E-state index contributed by atoms with van der Waals surface area (Å²) in [5, 5.41) is 6.45. The van der Waals surface area contributed by atoms with Crippen molar-refractivity contribution in [2.24, 2.45) is 5.41 Å². The Labute approximate surface area is 143 Å². The Morgan fingerprint density at radius 3 is 2.74 bits per heavy atom. The number of hydrogen-bond acceptors (Lipinski definition) is 4. The summed E-state index contributed by atoms with van der Waals surface area (Å²) >= 11 is 0. The van der Waals surface area contributed by atoms with Crippen molar-refractivity contribution >= 4 is 18.3 Å². The molecule has 2 unspecified atom stereocenters. The zero-order valence-corrected chi connectivity index (χ0v) is 14.5. The molecule has 2 aliphatic rings. The van der Waals surface area contributed by atoms with E-state index in [9.17, 15) is 4.79 Å². The number of piperidine rings is 1. The van der Waals surface area contributed by atoms with E-state index in [0.29, 0.717) is 13.2 Å². The number of carbonyl (C=O) groups is 1. The molecule has 128 valence electrons. The Kier molecular flexibility index (Phi) is 5.76. The third kappa shape index (κ3) is 3.90. The third-order valence-electron chi connectivity index (χ3n) is 4.56. The number of hydrogen-bond donors (Lipinski definition) is 2. The van der Waals surface area contributed by atoms with Crippen molar-refractivity contribution in [2.45, 2.75) is 32.7 Å². The van der Waals surface area contributed by atoms with Gasteiger partial charge in [0.05, 0.1) is 11.5 Å². The first-order valence-corrected chi connectivity index (χ1v) is 8.00. The van der Waals surface area contributed by atoms with Gasteiger partial charge in [0.2, 0.25) is 5.91 Å². The highest BCUT2D eigenvalue weighted by atomic mass is 35.5. The number of carbonyl (C=O) groups excluding carboxylic acids is 1. The minimum absolute atomic E-state index is 0. The lowest BCUT2D eigenvalue weighted by Gasteiger charge is -2.34. The first-order valence-electron chi connectivity index (χ1n) is 8.00. The van der Waals surface area contributed by atoms with E-state index < -0.39 is 0 Å². The van der Waals surface area contributed by atoms with Gasteiger partial charge in [-0.25, -0.2) is 0 Å². The number of ether oxygens (including phenoxy) is 2. The Balaban J connectivity index is 0.00000192. The molecule has 2 heterocycles. The predicted octanol–water partition coefficient (Wildman–Crippen LogP) is 2.45. The lowest BCUT2D eigenvalue weighted by molar-refractivity contribution is -0.131. The summed E-state index contributed by atoms with van der Waals surface area (Å²) in [6.07, 6.45) is 1.97. The van der Waals surface area contributed by atoms with E-state index in [1.165, 1.54) is 0 Å². The molecule has 6 heteroatoms. The van der Waals surface area contributed by atoms with E-state index in [4.69, 9.17) is 9.47 Å². The Bertz CT molecular complexity index is 559. The molecule has 2 N–H and O–H groups in total. The van der Waals surface area contributed by atoms with Crippen LogP contribution < -0.4 is 20.1 Å². The van der Waals surface area contributed by atoms with Crippen molar-refractivity contribution < 1.29 is 14.3 Å². The van der Waals surface area contributed by atoms with Gasteiger partial charge < -0.3 is 20.1 Å². The minimum Gasteiger partial charge on any atom is -0.486 e. The van der Waals surface area contributed by atoms with Crippen molar-refractivity contribution in [1.29, 1.82) is 0 Å². The van der Waals surface area contributed by atoms with Crippen LogP contribution in [0, 0.1) is 5.41 Å². The van der Waals surface area contributed by atoms with Crippen LogP contribution in [0.5, 0.6) is 11.5 Å². The normalized spacial score (nSPS) is 24.3. The lowest BCUT2D eigenvalue weighted by Crippen LogP contribution is -2.49. The molecule has 3 rings (SSSR count). The molecule has 0 saturated carbocycles. The fourth-order valence-electron chi connectivity index (χ4n) is 3.03. The van der Waals surface area contributed by atoms with Crippen LogP contribution in [0.2, 0.25) is 0 Å². The zero-order valence-electron chi connectivity index (χ0n) is 13.7. The zero-order chi connectivity index (χ0) is 15.6. The maximum atomic E-state index is 12.6. The molecule has 1 fully saturated rings. The van der Waals surface area contributed by atoms with Crippen LogP contribution in [0.1, 0.15) is 38.3 Å². The van der Waals surface area contributed by atoms with Crippen LogP contribution in [0.25, 0.3) is 0 Å². The second-order valence-electron chi connectivity index (χ2n) is 6.44. The number of benzene rings is 1. The first-order chi connectivity index (χ1) is 10.6. The van der Waals surface area contributed by atoms with Crippen LogP contribution in [0.4, 0.5) is 0 Å². The van der Waals surface area contributed by atoms with Crippen LogP contribution >= 0.6 is 12.4 Å². The number of amides is 1. The molecule has 0 aliphatic carbocycles. The highest BCUT2D eigenvalue weighted by Crippen LogP contribution is 2.33. The summed E-state index contributed by atoms with van der Waals surface area (Å²) in [7, 11) is 0. The van der Waals surface area contributed by atoms with Crippen molar-refractivity contribution in [3.63, 3.8) is 0 Å². The van der Waals surface area contributed by atoms with Gasteiger partial charge in [0.25, 0.3) is 0 Å². The van der Waals surface area contributed by atoms with Gasteiger partial charge in [-0.1, -0.05) is 6.07 Å². The minimum atomic E-state index is -0.319. The quantitative estimate of drug-likeness (QED) is 0.887. The van der Waals surface area contributed by atoms with Gasteiger partial charge in [0.1, 0.15) is 13.2 Å². The van der Waals surface area contributed by atoms with Gasteiger partial charge in [-0.05, 0) is 50.9 Å². The van der Waals surface area contributed by atoms with E-state index in [0.717, 1.165) is 43.0 Å². The lowest BCUT2D eigenvalue weighted by atomic mass is 9.81. The number of fused-ring (bicyclic) bond motifs is 1. The van der Waals surface area contributed by atoms with Gasteiger partial charge in [-0.2, -0.15) is 0 Å². The average Bonchev–Trinajstić information content (AvgIpc) is 2.55. The van der Waals surface area contributed by atoms with E-state index in [1.54, 1.807) is 0 Å². The van der Waals surface area contributed by atoms with Crippen molar-refractivity contribution in [2.75, 3.05) is 26.3 Å². The monoisotopic (exact) mass is 340 g/mol. The smallest absolute Gasteiger partial charge is 0.227 e. The van der Waals surface area contributed by atoms with Gasteiger partial charge in [-0.15, -0.1) is 12.4 Å². The van der Waals surface area contributed by atoms with Gasteiger partial charge >= 0.3 is 0 Å². The van der Waals surface area contributed by atoms with Crippen molar-refractivity contribution in [1.82, 2.24) is 10.6 Å². The largest absolute Gasteiger partial charge is 0.486 e. The molecule has 1 amide bonds. The summed E-state index contributed by atoms with van der Waals surface area (Å²) in [5.41, 5.74) is 0.713. The SMILES string of the molecule is CC(NC(=O)C1(C)CCCNC1)c1ccc2c(c1)OCCO2.Cl. The van der Waals surface area contributed by atoms with Gasteiger partial charge in [-0.3, -0.25) is 4.79 Å². The van der Waals surface area contributed by atoms with Crippen LogP contribution in [0.3, 0.4) is 0 Å². The van der Waals surface area contributed by atoms with Crippen LogP contribution in [-0.4, -0.2) is 32.2 Å². The van der Waals surface area contributed by atoms with E-state index in [1.807, 2.05) is 32.0 Å². The molecule has 1 aromatic carbocycles. The van der Waals surface area contributed by atoms with Crippen molar-refractivity contribution in [3.8, 4) is 11.5 Å². The summed E-state index contributed by atoms with van der Waals surface area (Å²) in [5.74, 6) is 1.65. The molecule has 1 aromatic rings. The first kappa shape index (κ1) is 17.9. The molecular formula is C17H25ClN2O3.